The van der Waals surface area contributed by atoms with Gasteiger partial charge in [-0.3, -0.25) is 0 Å². The van der Waals surface area contributed by atoms with Crippen molar-refractivity contribution in [3.8, 4) is 17.2 Å². The molecule has 1 aliphatic rings. The van der Waals surface area contributed by atoms with Gasteiger partial charge in [0.25, 0.3) is 0 Å². The van der Waals surface area contributed by atoms with Gasteiger partial charge < -0.3 is 4.74 Å². The Labute approximate surface area is 164 Å². The molecule has 142 valence electrons. The second kappa shape index (κ2) is 9.72. The van der Waals surface area contributed by atoms with Gasteiger partial charge in [-0.15, -0.1) is 0 Å². The maximum atomic E-state index is 8.92. The third kappa shape index (κ3) is 5.44. The SMILES string of the molecule is CCCC(C)CO[C@H]1CC[C@H](c2ccc(-c3ccc(C#N)cc3)cc2)CC1. The number of ether oxygens (including phenoxy) is 1. The first-order chi connectivity index (χ1) is 13.2. The fourth-order valence-electron chi connectivity index (χ4n) is 4.12. The minimum atomic E-state index is 0.457. The van der Waals surface area contributed by atoms with Crippen molar-refractivity contribution in [2.75, 3.05) is 6.61 Å². The molecule has 3 rings (SSSR count). The molecule has 0 heterocycles. The van der Waals surface area contributed by atoms with Crippen LogP contribution in [0.3, 0.4) is 0 Å². The van der Waals surface area contributed by atoms with Crippen LogP contribution in [-0.2, 0) is 4.74 Å². The van der Waals surface area contributed by atoms with E-state index >= 15 is 0 Å². The molecular weight excluding hydrogens is 330 g/mol. The summed E-state index contributed by atoms with van der Waals surface area (Å²) in [5.74, 6) is 1.34. The van der Waals surface area contributed by atoms with Crippen LogP contribution >= 0.6 is 0 Å². The highest BCUT2D eigenvalue weighted by molar-refractivity contribution is 5.64. The molecule has 2 nitrogen and oxygen atoms in total. The smallest absolute Gasteiger partial charge is 0.0991 e. The summed E-state index contributed by atoms with van der Waals surface area (Å²) in [6, 6.07) is 19.0. The Balaban J connectivity index is 1.52. The molecule has 0 bridgehead atoms. The van der Waals surface area contributed by atoms with E-state index in [0.29, 0.717) is 23.5 Å². The highest BCUT2D eigenvalue weighted by atomic mass is 16.5. The molecule has 1 fully saturated rings. The highest BCUT2D eigenvalue weighted by Gasteiger charge is 2.23. The van der Waals surface area contributed by atoms with E-state index in [0.717, 1.165) is 6.61 Å². The van der Waals surface area contributed by atoms with Gasteiger partial charge in [0, 0.05) is 6.61 Å². The number of nitrogens with zero attached hydrogens (tertiary/aromatic N) is 1. The number of rotatable bonds is 7. The molecule has 0 saturated heterocycles. The maximum Gasteiger partial charge on any atom is 0.0991 e. The van der Waals surface area contributed by atoms with Crippen LogP contribution in [0.2, 0.25) is 0 Å². The first-order valence-electron chi connectivity index (χ1n) is 10.4. The van der Waals surface area contributed by atoms with E-state index in [9.17, 15) is 0 Å². The Morgan fingerprint density at radius 3 is 2.11 bits per heavy atom. The normalized spacial score (nSPS) is 20.8. The molecule has 0 spiro atoms. The molecule has 27 heavy (non-hydrogen) atoms. The molecule has 0 N–H and O–H groups in total. The zero-order chi connectivity index (χ0) is 19.1. The molecule has 2 heteroatoms. The largest absolute Gasteiger partial charge is 0.378 e. The maximum absolute atomic E-state index is 8.92. The predicted molar refractivity (Wildman–Crippen MR) is 112 cm³/mol. The van der Waals surface area contributed by atoms with Gasteiger partial charge >= 0.3 is 0 Å². The molecule has 1 atom stereocenters. The fourth-order valence-corrected chi connectivity index (χ4v) is 4.12. The van der Waals surface area contributed by atoms with Crippen LogP contribution in [0.4, 0.5) is 0 Å². The van der Waals surface area contributed by atoms with Crippen molar-refractivity contribution in [1.29, 1.82) is 5.26 Å². The van der Waals surface area contributed by atoms with Crippen LogP contribution in [-0.4, -0.2) is 12.7 Å². The summed E-state index contributed by atoms with van der Waals surface area (Å²) in [5.41, 5.74) is 4.53. The van der Waals surface area contributed by atoms with Gasteiger partial charge in [-0.05, 0) is 72.8 Å². The van der Waals surface area contributed by atoms with E-state index in [1.165, 1.54) is 55.2 Å². The summed E-state index contributed by atoms with van der Waals surface area (Å²) in [6.07, 6.45) is 7.78. The average Bonchev–Trinajstić information content (AvgIpc) is 2.73. The monoisotopic (exact) mass is 361 g/mol. The van der Waals surface area contributed by atoms with Crippen molar-refractivity contribution in [2.24, 2.45) is 5.92 Å². The number of hydrogen-bond donors (Lipinski definition) is 0. The third-order valence-corrected chi connectivity index (χ3v) is 5.80. The Hall–Kier alpha value is -2.11. The van der Waals surface area contributed by atoms with Gasteiger partial charge in [0.15, 0.2) is 0 Å². The third-order valence-electron chi connectivity index (χ3n) is 5.80. The Bertz CT molecular complexity index is 733. The van der Waals surface area contributed by atoms with E-state index in [1.54, 1.807) is 0 Å². The van der Waals surface area contributed by atoms with Gasteiger partial charge in [0.05, 0.1) is 17.7 Å². The molecule has 2 aromatic carbocycles. The lowest BCUT2D eigenvalue weighted by atomic mass is 9.82. The predicted octanol–water partition coefficient (Wildman–Crippen LogP) is 6.70. The summed E-state index contributed by atoms with van der Waals surface area (Å²) in [7, 11) is 0. The summed E-state index contributed by atoms with van der Waals surface area (Å²) < 4.78 is 6.15. The molecule has 0 aliphatic heterocycles. The van der Waals surface area contributed by atoms with E-state index < -0.39 is 0 Å². The first-order valence-corrected chi connectivity index (χ1v) is 10.4. The number of hydrogen-bond acceptors (Lipinski definition) is 2. The molecule has 1 aliphatic carbocycles. The molecule has 0 aromatic heterocycles. The van der Waals surface area contributed by atoms with Gasteiger partial charge in [-0.1, -0.05) is 56.7 Å². The standard InChI is InChI=1S/C25H31NO/c1-3-4-19(2)18-27-25-15-13-24(14-16-25)23-11-9-22(10-12-23)21-7-5-20(17-26)6-8-21/h5-12,19,24-25H,3-4,13-16,18H2,1-2H3/t19?,24-,25-. The first kappa shape index (κ1) is 19.6. The minimum Gasteiger partial charge on any atom is -0.378 e. The van der Waals surface area contributed by atoms with Crippen molar-refractivity contribution in [3.05, 3.63) is 59.7 Å². The molecule has 1 unspecified atom stereocenters. The zero-order valence-electron chi connectivity index (χ0n) is 16.7. The van der Waals surface area contributed by atoms with Crippen LogP contribution < -0.4 is 0 Å². The molecule has 2 aromatic rings. The fraction of sp³-hybridized carbons (Fsp3) is 0.480. The van der Waals surface area contributed by atoms with E-state index in [1.807, 2.05) is 24.3 Å². The van der Waals surface area contributed by atoms with E-state index in [4.69, 9.17) is 10.00 Å². The summed E-state index contributed by atoms with van der Waals surface area (Å²) in [4.78, 5) is 0. The quantitative estimate of drug-likeness (QED) is 0.549. The molecule has 0 radical (unpaired) electrons. The average molecular weight is 362 g/mol. The Morgan fingerprint density at radius 1 is 0.963 bits per heavy atom. The van der Waals surface area contributed by atoms with E-state index in [-0.39, 0.29) is 0 Å². The van der Waals surface area contributed by atoms with Gasteiger partial charge in [-0.2, -0.15) is 5.26 Å². The van der Waals surface area contributed by atoms with Crippen molar-refractivity contribution in [2.45, 2.75) is 64.4 Å². The Kier molecular flexibility index (Phi) is 7.07. The van der Waals surface area contributed by atoms with E-state index in [2.05, 4.69) is 44.2 Å². The lowest BCUT2D eigenvalue weighted by Gasteiger charge is -2.29. The minimum absolute atomic E-state index is 0.457. The topological polar surface area (TPSA) is 33.0 Å². The molecular formula is C25H31NO. The van der Waals surface area contributed by atoms with Crippen LogP contribution in [0.5, 0.6) is 0 Å². The van der Waals surface area contributed by atoms with Crippen molar-refractivity contribution >= 4 is 0 Å². The highest BCUT2D eigenvalue weighted by Crippen LogP contribution is 2.35. The Morgan fingerprint density at radius 2 is 1.56 bits per heavy atom. The summed E-state index contributed by atoms with van der Waals surface area (Å²) in [6.45, 7) is 5.46. The van der Waals surface area contributed by atoms with Crippen molar-refractivity contribution in [3.63, 3.8) is 0 Å². The van der Waals surface area contributed by atoms with Crippen LogP contribution in [0.1, 0.15) is 69.4 Å². The van der Waals surface area contributed by atoms with Crippen LogP contribution in [0.25, 0.3) is 11.1 Å². The second-order valence-corrected chi connectivity index (χ2v) is 8.01. The zero-order valence-corrected chi connectivity index (χ0v) is 16.7. The molecule has 0 amide bonds. The van der Waals surface area contributed by atoms with Gasteiger partial charge in [0.2, 0.25) is 0 Å². The van der Waals surface area contributed by atoms with Gasteiger partial charge in [-0.25, -0.2) is 0 Å². The second-order valence-electron chi connectivity index (χ2n) is 8.01. The van der Waals surface area contributed by atoms with Crippen molar-refractivity contribution in [1.82, 2.24) is 0 Å². The van der Waals surface area contributed by atoms with Crippen LogP contribution in [0, 0.1) is 17.2 Å². The summed E-state index contributed by atoms with van der Waals surface area (Å²) >= 11 is 0. The van der Waals surface area contributed by atoms with Crippen molar-refractivity contribution < 1.29 is 4.74 Å². The number of benzene rings is 2. The number of nitriles is 1. The van der Waals surface area contributed by atoms with Gasteiger partial charge in [0.1, 0.15) is 0 Å². The summed E-state index contributed by atoms with van der Waals surface area (Å²) in [5, 5.41) is 8.92. The lowest BCUT2D eigenvalue weighted by molar-refractivity contribution is 0.00621. The lowest BCUT2D eigenvalue weighted by Crippen LogP contribution is -2.23. The van der Waals surface area contributed by atoms with Crippen LogP contribution in [0.15, 0.2) is 48.5 Å². The molecule has 1 saturated carbocycles.